The number of hydrogen-bond acceptors (Lipinski definition) is 2. The van der Waals surface area contributed by atoms with Crippen LogP contribution in [0.25, 0.3) is 0 Å². The van der Waals surface area contributed by atoms with Crippen molar-refractivity contribution >= 4 is 5.91 Å². The summed E-state index contributed by atoms with van der Waals surface area (Å²) in [6.07, 6.45) is 2.76. The lowest BCUT2D eigenvalue weighted by Crippen LogP contribution is -2.37. The number of nitriles is 1. The highest BCUT2D eigenvalue weighted by molar-refractivity contribution is 5.74. The molecule has 0 aliphatic heterocycles. The van der Waals surface area contributed by atoms with Crippen LogP contribution in [0.4, 0.5) is 0 Å². The van der Waals surface area contributed by atoms with Gasteiger partial charge in [0.1, 0.15) is 6.04 Å². The summed E-state index contributed by atoms with van der Waals surface area (Å²) in [6.45, 7) is 4.13. The second kappa shape index (κ2) is 7.50. The molecule has 1 atom stereocenters. The van der Waals surface area contributed by atoms with Crippen LogP contribution in [0.15, 0.2) is 30.3 Å². The zero-order valence-electron chi connectivity index (χ0n) is 11.1. The van der Waals surface area contributed by atoms with Crippen LogP contribution in [0, 0.1) is 11.3 Å². The lowest BCUT2D eigenvalue weighted by Gasteiger charge is -2.26. The van der Waals surface area contributed by atoms with E-state index < -0.39 is 0 Å². The van der Waals surface area contributed by atoms with Gasteiger partial charge in [0, 0.05) is 13.5 Å². The van der Waals surface area contributed by atoms with E-state index in [1.807, 2.05) is 30.3 Å². The second-order valence-corrected chi connectivity index (χ2v) is 4.42. The molecule has 1 aromatic carbocycles. The zero-order valence-corrected chi connectivity index (χ0v) is 11.1. The molecule has 0 N–H and O–H groups in total. The Morgan fingerprint density at radius 1 is 1.39 bits per heavy atom. The molecule has 0 aliphatic rings. The van der Waals surface area contributed by atoms with E-state index in [1.54, 1.807) is 4.90 Å². The first-order valence-corrected chi connectivity index (χ1v) is 6.39. The fraction of sp³-hybridized carbons (Fsp3) is 0.467. The Morgan fingerprint density at radius 2 is 2.06 bits per heavy atom. The van der Waals surface area contributed by atoms with Gasteiger partial charge in [-0.15, -0.1) is 0 Å². The number of rotatable bonds is 6. The molecule has 1 aromatic rings. The number of nitrogens with zero attached hydrogens (tertiary/aromatic N) is 2. The number of benzene rings is 1. The average molecular weight is 244 g/mol. The van der Waals surface area contributed by atoms with Gasteiger partial charge in [0.05, 0.1) is 6.07 Å². The Balaban J connectivity index is 2.76. The van der Waals surface area contributed by atoms with Crippen LogP contribution in [0.5, 0.6) is 0 Å². The predicted octanol–water partition coefficient (Wildman–Crippen LogP) is 3.12. The highest BCUT2D eigenvalue weighted by Gasteiger charge is 2.20. The smallest absolute Gasteiger partial charge is 0.220 e. The van der Waals surface area contributed by atoms with Crippen molar-refractivity contribution in [3.05, 3.63) is 35.9 Å². The Kier molecular flexibility index (Phi) is 5.93. The molecular weight excluding hydrogens is 224 g/mol. The molecule has 1 amide bonds. The molecule has 96 valence electrons. The fourth-order valence-corrected chi connectivity index (χ4v) is 1.91. The Labute approximate surface area is 109 Å². The van der Waals surface area contributed by atoms with E-state index in [2.05, 4.69) is 13.0 Å². The van der Waals surface area contributed by atoms with Crippen LogP contribution in [0.2, 0.25) is 0 Å². The quantitative estimate of drug-likeness (QED) is 0.771. The molecule has 0 fully saturated rings. The first kappa shape index (κ1) is 14.2. The molecule has 3 nitrogen and oxygen atoms in total. The molecule has 0 heterocycles. The third kappa shape index (κ3) is 4.21. The number of carbonyl (C=O) groups excluding carboxylic acids is 1. The normalized spacial score (nSPS) is 11.6. The summed E-state index contributed by atoms with van der Waals surface area (Å²) >= 11 is 0. The minimum Gasteiger partial charge on any atom is -0.323 e. The van der Waals surface area contributed by atoms with Crippen molar-refractivity contribution in [1.82, 2.24) is 4.90 Å². The van der Waals surface area contributed by atoms with E-state index in [9.17, 15) is 10.1 Å². The van der Waals surface area contributed by atoms with Crippen LogP contribution < -0.4 is 0 Å². The van der Waals surface area contributed by atoms with Gasteiger partial charge in [-0.05, 0) is 12.0 Å². The van der Waals surface area contributed by atoms with Gasteiger partial charge in [0.25, 0.3) is 0 Å². The Morgan fingerprint density at radius 3 is 2.56 bits per heavy atom. The van der Waals surface area contributed by atoms with Crippen LogP contribution >= 0.6 is 0 Å². The summed E-state index contributed by atoms with van der Waals surface area (Å²) in [7, 11) is 0. The van der Waals surface area contributed by atoms with Crippen LogP contribution in [0.1, 0.15) is 38.7 Å². The predicted molar refractivity (Wildman–Crippen MR) is 71.6 cm³/mol. The minimum atomic E-state index is -0.317. The first-order chi connectivity index (χ1) is 8.69. The van der Waals surface area contributed by atoms with Gasteiger partial charge in [-0.3, -0.25) is 4.79 Å². The molecule has 18 heavy (non-hydrogen) atoms. The number of unbranched alkanes of at least 4 members (excludes halogenated alkanes) is 1. The Bertz CT molecular complexity index is 408. The van der Waals surface area contributed by atoms with Crippen molar-refractivity contribution in [2.75, 3.05) is 0 Å². The summed E-state index contributed by atoms with van der Waals surface area (Å²) < 4.78 is 0. The maximum Gasteiger partial charge on any atom is 0.220 e. The number of amides is 1. The molecular formula is C15H20N2O. The molecule has 0 saturated carbocycles. The van der Waals surface area contributed by atoms with Gasteiger partial charge < -0.3 is 4.90 Å². The topological polar surface area (TPSA) is 44.1 Å². The molecule has 0 bridgehead atoms. The average Bonchev–Trinajstić information content (AvgIpc) is 2.39. The van der Waals surface area contributed by atoms with Gasteiger partial charge in [-0.1, -0.05) is 50.1 Å². The van der Waals surface area contributed by atoms with Crippen molar-refractivity contribution in [3.8, 4) is 6.07 Å². The third-order valence-electron chi connectivity index (χ3n) is 2.96. The number of hydrogen-bond donors (Lipinski definition) is 0. The molecule has 0 radical (unpaired) electrons. The van der Waals surface area contributed by atoms with E-state index in [0.29, 0.717) is 6.54 Å². The summed E-state index contributed by atoms with van der Waals surface area (Å²) in [6, 6.07) is 11.7. The first-order valence-electron chi connectivity index (χ1n) is 6.39. The third-order valence-corrected chi connectivity index (χ3v) is 2.96. The van der Waals surface area contributed by atoms with Gasteiger partial charge >= 0.3 is 0 Å². The minimum absolute atomic E-state index is 0.0403. The van der Waals surface area contributed by atoms with Crippen LogP contribution in [-0.2, 0) is 11.3 Å². The summed E-state index contributed by atoms with van der Waals surface area (Å²) in [5.41, 5.74) is 1.06. The monoisotopic (exact) mass is 244 g/mol. The van der Waals surface area contributed by atoms with Gasteiger partial charge in [0.15, 0.2) is 0 Å². The highest BCUT2D eigenvalue weighted by Crippen LogP contribution is 2.13. The maximum atomic E-state index is 11.7. The van der Waals surface area contributed by atoms with E-state index in [4.69, 9.17) is 0 Å². The van der Waals surface area contributed by atoms with Crippen molar-refractivity contribution in [3.63, 3.8) is 0 Å². The molecule has 0 aliphatic carbocycles. The van der Waals surface area contributed by atoms with E-state index in [0.717, 1.165) is 24.8 Å². The second-order valence-electron chi connectivity index (χ2n) is 4.42. The largest absolute Gasteiger partial charge is 0.323 e. The summed E-state index contributed by atoms with van der Waals surface area (Å²) in [5.74, 6) is -0.0403. The highest BCUT2D eigenvalue weighted by atomic mass is 16.2. The van der Waals surface area contributed by atoms with Crippen LogP contribution in [-0.4, -0.2) is 16.8 Å². The Hall–Kier alpha value is -1.82. The molecule has 0 spiro atoms. The van der Waals surface area contributed by atoms with E-state index in [1.165, 1.54) is 6.92 Å². The summed E-state index contributed by atoms with van der Waals surface area (Å²) in [5, 5.41) is 9.21. The standard InChI is InChI=1S/C15H20N2O/c1-3-4-10-15(11-16)17(13(2)18)12-14-8-6-5-7-9-14/h5-9,15H,3-4,10,12H2,1-2H3/t15-/m0/s1. The van der Waals surface area contributed by atoms with Crippen molar-refractivity contribution in [2.45, 2.75) is 45.7 Å². The summed E-state index contributed by atoms with van der Waals surface area (Å²) in [4.78, 5) is 13.3. The van der Waals surface area contributed by atoms with Gasteiger partial charge in [-0.2, -0.15) is 5.26 Å². The lowest BCUT2D eigenvalue weighted by molar-refractivity contribution is -0.130. The van der Waals surface area contributed by atoms with Crippen LogP contribution in [0.3, 0.4) is 0 Å². The van der Waals surface area contributed by atoms with E-state index >= 15 is 0 Å². The van der Waals surface area contributed by atoms with Crippen molar-refractivity contribution < 1.29 is 4.79 Å². The molecule has 0 saturated heterocycles. The van der Waals surface area contributed by atoms with E-state index in [-0.39, 0.29) is 11.9 Å². The fourth-order valence-electron chi connectivity index (χ4n) is 1.91. The molecule has 0 unspecified atom stereocenters. The lowest BCUT2D eigenvalue weighted by atomic mass is 10.1. The van der Waals surface area contributed by atoms with Crippen molar-refractivity contribution in [1.29, 1.82) is 5.26 Å². The SMILES string of the molecule is CCCC[C@@H](C#N)N(Cc1ccccc1)C(C)=O. The zero-order chi connectivity index (χ0) is 13.4. The molecule has 1 rings (SSSR count). The molecule has 3 heteroatoms. The van der Waals surface area contributed by atoms with Crippen molar-refractivity contribution in [2.24, 2.45) is 0 Å². The molecule has 0 aromatic heterocycles. The van der Waals surface area contributed by atoms with Gasteiger partial charge in [0.2, 0.25) is 5.91 Å². The number of carbonyl (C=O) groups is 1. The van der Waals surface area contributed by atoms with Gasteiger partial charge in [-0.25, -0.2) is 0 Å². The maximum absolute atomic E-state index is 11.7.